The van der Waals surface area contributed by atoms with Gasteiger partial charge in [-0.3, -0.25) is 0 Å². The van der Waals surface area contributed by atoms with Gasteiger partial charge in [-0.25, -0.2) is 0 Å². The SMILES string of the molecule is CCCN(C)C1CCCCC1NC. The van der Waals surface area contributed by atoms with Gasteiger partial charge in [-0.15, -0.1) is 0 Å². The maximum Gasteiger partial charge on any atom is 0.0246 e. The smallest absolute Gasteiger partial charge is 0.0246 e. The van der Waals surface area contributed by atoms with Crippen LogP contribution in [0.15, 0.2) is 0 Å². The zero-order valence-corrected chi connectivity index (χ0v) is 9.34. The maximum absolute atomic E-state index is 3.45. The summed E-state index contributed by atoms with van der Waals surface area (Å²) in [6.07, 6.45) is 6.82. The predicted octanol–water partition coefficient (Wildman–Crippen LogP) is 1.86. The van der Waals surface area contributed by atoms with E-state index in [0.717, 1.165) is 12.1 Å². The molecule has 1 fully saturated rings. The summed E-state index contributed by atoms with van der Waals surface area (Å²) in [5.74, 6) is 0. The molecule has 0 bridgehead atoms. The van der Waals surface area contributed by atoms with E-state index in [4.69, 9.17) is 0 Å². The molecule has 2 atom stereocenters. The third-order valence-electron chi connectivity index (χ3n) is 3.24. The summed E-state index contributed by atoms with van der Waals surface area (Å²) >= 11 is 0. The number of nitrogens with one attached hydrogen (secondary N) is 1. The van der Waals surface area contributed by atoms with Crippen LogP contribution in [0.5, 0.6) is 0 Å². The van der Waals surface area contributed by atoms with E-state index in [9.17, 15) is 0 Å². The van der Waals surface area contributed by atoms with Crippen molar-refractivity contribution in [1.29, 1.82) is 0 Å². The Labute approximate surface area is 82.7 Å². The Morgan fingerprint density at radius 1 is 1.31 bits per heavy atom. The van der Waals surface area contributed by atoms with Crippen molar-refractivity contribution in [3.05, 3.63) is 0 Å². The van der Waals surface area contributed by atoms with Crippen molar-refractivity contribution in [3.63, 3.8) is 0 Å². The van der Waals surface area contributed by atoms with Crippen LogP contribution in [0.1, 0.15) is 39.0 Å². The first-order valence-corrected chi connectivity index (χ1v) is 5.67. The molecule has 2 unspecified atom stereocenters. The average Bonchev–Trinajstić information content (AvgIpc) is 2.18. The summed E-state index contributed by atoms with van der Waals surface area (Å²) in [6.45, 7) is 3.50. The zero-order chi connectivity index (χ0) is 9.68. The van der Waals surface area contributed by atoms with Gasteiger partial charge in [-0.05, 0) is 39.9 Å². The van der Waals surface area contributed by atoms with Crippen LogP contribution in [-0.2, 0) is 0 Å². The number of nitrogens with zero attached hydrogens (tertiary/aromatic N) is 1. The summed E-state index contributed by atoms with van der Waals surface area (Å²) in [4.78, 5) is 2.53. The lowest BCUT2D eigenvalue weighted by atomic mass is 9.89. The number of rotatable bonds is 4. The normalized spacial score (nSPS) is 29.5. The van der Waals surface area contributed by atoms with Gasteiger partial charge in [0.1, 0.15) is 0 Å². The monoisotopic (exact) mass is 184 g/mol. The van der Waals surface area contributed by atoms with E-state index in [0.29, 0.717) is 0 Å². The summed E-state index contributed by atoms with van der Waals surface area (Å²) < 4.78 is 0. The molecule has 0 aromatic heterocycles. The molecular weight excluding hydrogens is 160 g/mol. The molecule has 0 aromatic carbocycles. The Morgan fingerprint density at radius 3 is 2.62 bits per heavy atom. The molecule has 1 rings (SSSR count). The van der Waals surface area contributed by atoms with Crippen LogP contribution >= 0.6 is 0 Å². The highest BCUT2D eigenvalue weighted by Gasteiger charge is 2.26. The Balaban J connectivity index is 2.43. The van der Waals surface area contributed by atoms with Gasteiger partial charge >= 0.3 is 0 Å². The summed E-state index contributed by atoms with van der Waals surface area (Å²) in [7, 11) is 4.37. The van der Waals surface area contributed by atoms with Crippen LogP contribution in [0.2, 0.25) is 0 Å². The first-order valence-electron chi connectivity index (χ1n) is 5.67. The molecule has 1 aliphatic carbocycles. The molecule has 1 N–H and O–H groups in total. The van der Waals surface area contributed by atoms with Crippen molar-refractivity contribution in [3.8, 4) is 0 Å². The largest absolute Gasteiger partial charge is 0.315 e. The molecule has 0 heterocycles. The van der Waals surface area contributed by atoms with E-state index in [-0.39, 0.29) is 0 Å². The van der Waals surface area contributed by atoms with Crippen molar-refractivity contribution in [2.75, 3.05) is 20.6 Å². The average molecular weight is 184 g/mol. The summed E-state index contributed by atoms with van der Waals surface area (Å²) in [6, 6.07) is 1.50. The van der Waals surface area contributed by atoms with Crippen LogP contribution < -0.4 is 5.32 Å². The second kappa shape index (κ2) is 5.61. The third-order valence-corrected chi connectivity index (χ3v) is 3.24. The van der Waals surface area contributed by atoms with Gasteiger partial charge in [-0.2, -0.15) is 0 Å². The van der Waals surface area contributed by atoms with Crippen molar-refractivity contribution in [2.24, 2.45) is 0 Å². The Bertz CT molecular complexity index is 136. The van der Waals surface area contributed by atoms with Crippen molar-refractivity contribution >= 4 is 0 Å². The molecule has 0 spiro atoms. The van der Waals surface area contributed by atoms with Gasteiger partial charge in [0.25, 0.3) is 0 Å². The quantitative estimate of drug-likeness (QED) is 0.717. The van der Waals surface area contributed by atoms with Gasteiger partial charge in [0.2, 0.25) is 0 Å². The molecule has 1 aliphatic rings. The molecule has 2 heteroatoms. The summed E-state index contributed by atoms with van der Waals surface area (Å²) in [5, 5.41) is 3.45. The second-order valence-corrected chi connectivity index (χ2v) is 4.23. The Hall–Kier alpha value is -0.0800. The fraction of sp³-hybridized carbons (Fsp3) is 1.00. The van der Waals surface area contributed by atoms with Gasteiger partial charge in [-0.1, -0.05) is 19.8 Å². The standard InChI is InChI=1S/C11H24N2/c1-4-9-13(3)11-8-6-5-7-10(11)12-2/h10-12H,4-9H2,1-3H3. The molecule has 0 aliphatic heterocycles. The van der Waals surface area contributed by atoms with Crippen molar-refractivity contribution in [1.82, 2.24) is 10.2 Å². The molecule has 0 saturated heterocycles. The van der Waals surface area contributed by atoms with E-state index in [1.807, 2.05) is 0 Å². The maximum atomic E-state index is 3.45. The first-order chi connectivity index (χ1) is 6.29. The fourth-order valence-corrected chi connectivity index (χ4v) is 2.49. The molecule has 2 nitrogen and oxygen atoms in total. The lowest BCUT2D eigenvalue weighted by Gasteiger charge is -2.37. The highest BCUT2D eigenvalue weighted by molar-refractivity contribution is 4.85. The highest BCUT2D eigenvalue weighted by atomic mass is 15.2. The van der Waals surface area contributed by atoms with Crippen LogP contribution in [-0.4, -0.2) is 37.6 Å². The zero-order valence-electron chi connectivity index (χ0n) is 9.34. The fourth-order valence-electron chi connectivity index (χ4n) is 2.49. The third kappa shape index (κ3) is 2.96. The molecule has 0 radical (unpaired) electrons. The van der Waals surface area contributed by atoms with Gasteiger partial charge in [0, 0.05) is 12.1 Å². The number of likely N-dealkylation sites (N-methyl/N-ethyl adjacent to an activating group) is 2. The van der Waals surface area contributed by atoms with Gasteiger partial charge in [0.05, 0.1) is 0 Å². The lowest BCUT2D eigenvalue weighted by Crippen LogP contribution is -2.49. The minimum atomic E-state index is 0.727. The van der Waals surface area contributed by atoms with E-state index in [1.54, 1.807) is 0 Å². The van der Waals surface area contributed by atoms with Gasteiger partial charge in [0.15, 0.2) is 0 Å². The minimum absolute atomic E-state index is 0.727. The predicted molar refractivity (Wildman–Crippen MR) is 58.0 cm³/mol. The molecule has 13 heavy (non-hydrogen) atoms. The van der Waals surface area contributed by atoms with Crippen LogP contribution in [0.3, 0.4) is 0 Å². The molecule has 0 aromatic rings. The number of hydrogen-bond acceptors (Lipinski definition) is 2. The highest BCUT2D eigenvalue weighted by Crippen LogP contribution is 2.22. The van der Waals surface area contributed by atoms with E-state index in [1.165, 1.54) is 38.6 Å². The minimum Gasteiger partial charge on any atom is -0.315 e. The van der Waals surface area contributed by atoms with Crippen LogP contribution in [0.25, 0.3) is 0 Å². The topological polar surface area (TPSA) is 15.3 Å². The van der Waals surface area contributed by atoms with Crippen molar-refractivity contribution in [2.45, 2.75) is 51.1 Å². The Morgan fingerprint density at radius 2 is 2.00 bits per heavy atom. The van der Waals surface area contributed by atoms with Crippen molar-refractivity contribution < 1.29 is 0 Å². The number of hydrogen-bond donors (Lipinski definition) is 1. The van der Waals surface area contributed by atoms with Gasteiger partial charge < -0.3 is 10.2 Å². The van der Waals surface area contributed by atoms with E-state index in [2.05, 4.69) is 31.2 Å². The second-order valence-electron chi connectivity index (χ2n) is 4.23. The molecular formula is C11H24N2. The lowest BCUT2D eigenvalue weighted by molar-refractivity contribution is 0.154. The van der Waals surface area contributed by atoms with E-state index >= 15 is 0 Å². The molecule has 1 saturated carbocycles. The molecule has 78 valence electrons. The van der Waals surface area contributed by atoms with Crippen LogP contribution in [0.4, 0.5) is 0 Å². The molecule has 0 amide bonds. The Kier molecular flexibility index (Phi) is 4.74. The van der Waals surface area contributed by atoms with Crippen LogP contribution in [0, 0.1) is 0 Å². The van der Waals surface area contributed by atoms with E-state index < -0.39 is 0 Å². The first kappa shape index (κ1) is 11.0. The summed E-state index contributed by atoms with van der Waals surface area (Å²) in [5.41, 5.74) is 0.